The van der Waals surface area contributed by atoms with Crippen LogP contribution in [0.15, 0.2) is 39.6 Å². The zero-order valence-corrected chi connectivity index (χ0v) is 11.2. The van der Waals surface area contributed by atoms with E-state index in [0.717, 1.165) is 25.2 Å². The van der Waals surface area contributed by atoms with E-state index in [1.807, 2.05) is 11.6 Å². The van der Waals surface area contributed by atoms with Gasteiger partial charge in [0.15, 0.2) is 0 Å². The van der Waals surface area contributed by atoms with E-state index in [-0.39, 0.29) is 0 Å². The van der Waals surface area contributed by atoms with Gasteiger partial charge in [0.1, 0.15) is 0 Å². The largest absolute Gasteiger partial charge is 0.311 e. The van der Waals surface area contributed by atoms with Crippen LogP contribution in [0.3, 0.4) is 0 Å². The monoisotopic (exact) mass is 296 g/mol. The first-order valence-electron chi connectivity index (χ1n) is 5.17. The van der Waals surface area contributed by atoms with Crippen LogP contribution in [-0.4, -0.2) is 11.5 Å². The standard InChI is InChI=1S/C12H13BrN2S/c13-12-4-2-1-3-10(12)5-6-14-7-11-8-16-9-15-11/h1-4,8-9,14H,5-7H2. The van der Waals surface area contributed by atoms with Gasteiger partial charge in [-0.2, -0.15) is 0 Å². The summed E-state index contributed by atoms with van der Waals surface area (Å²) in [5, 5.41) is 5.46. The molecule has 0 aliphatic carbocycles. The van der Waals surface area contributed by atoms with Crippen molar-refractivity contribution in [3.63, 3.8) is 0 Å². The molecule has 0 saturated carbocycles. The summed E-state index contributed by atoms with van der Waals surface area (Å²) in [6, 6.07) is 8.33. The molecule has 84 valence electrons. The quantitative estimate of drug-likeness (QED) is 0.857. The SMILES string of the molecule is Brc1ccccc1CCNCc1cscn1. The smallest absolute Gasteiger partial charge is 0.0795 e. The molecule has 0 fully saturated rings. The average Bonchev–Trinajstić information content (AvgIpc) is 2.79. The fourth-order valence-corrected chi connectivity index (χ4v) is 2.51. The minimum atomic E-state index is 0.855. The van der Waals surface area contributed by atoms with E-state index in [2.05, 4.69) is 49.8 Å². The number of nitrogens with one attached hydrogen (secondary N) is 1. The number of hydrogen-bond donors (Lipinski definition) is 1. The van der Waals surface area contributed by atoms with E-state index in [1.165, 1.54) is 10.0 Å². The molecule has 0 aliphatic rings. The maximum absolute atomic E-state index is 4.23. The van der Waals surface area contributed by atoms with Crippen LogP contribution in [0.25, 0.3) is 0 Å². The predicted octanol–water partition coefficient (Wildman–Crippen LogP) is 3.24. The molecule has 0 saturated heterocycles. The second-order valence-electron chi connectivity index (χ2n) is 3.50. The first kappa shape index (κ1) is 11.8. The van der Waals surface area contributed by atoms with Gasteiger partial charge in [-0.15, -0.1) is 11.3 Å². The molecular weight excluding hydrogens is 284 g/mol. The summed E-state index contributed by atoms with van der Waals surface area (Å²) in [7, 11) is 0. The molecule has 2 aromatic rings. The number of benzene rings is 1. The lowest BCUT2D eigenvalue weighted by Gasteiger charge is -2.05. The van der Waals surface area contributed by atoms with E-state index in [1.54, 1.807) is 11.3 Å². The molecule has 0 bridgehead atoms. The van der Waals surface area contributed by atoms with Crippen molar-refractivity contribution >= 4 is 27.3 Å². The molecule has 0 radical (unpaired) electrons. The van der Waals surface area contributed by atoms with Gasteiger partial charge in [-0.05, 0) is 24.6 Å². The Hall–Kier alpha value is -0.710. The van der Waals surface area contributed by atoms with Crippen molar-refractivity contribution < 1.29 is 0 Å². The van der Waals surface area contributed by atoms with Crippen molar-refractivity contribution in [2.45, 2.75) is 13.0 Å². The van der Waals surface area contributed by atoms with Crippen LogP contribution in [0.4, 0.5) is 0 Å². The first-order chi connectivity index (χ1) is 7.86. The van der Waals surface area contributed by atoms with Gasteiger partial charge in [0, 0.05) is 16.4 Å². The topological polar surface area (TPSA) is 24.9 Å². The maximum Gasteiger partial charge on any atom is 0.0795 e. The zero-order chi connectivity index (χ0) is 11.2. The van der Waals surface area contributed by atoms with E-state index in [4.69, 9.17) is 0 Å². The fraction of sp³-hybridized carbons (Fsp3) is 0.250. The third kappa shape index (κ3) is 3.40. The molecule has 2 rings (SSSR count). The highest BCUT2D eigenvalue weighted by Crippen LogP contribution is 2.15. The zero-order valence-electron chi connectivity index (χ0n) is 8.82. The minimum Gasteiger partial charge on any atom is -0.311 e. The molecule has 1 aromatic heterocycles. The molecule has 2 nitrogen and oxygen atoms in total. The highest BCUT2D eigenvalue weighted by atomic mass is 79.9. The summed E-state index contributed by atoms with van der Waals surface area (Å²) in [5.74, 6) is 0. The molecule has 1 aromatic carbocycles. The van der Waals surface area contributed by atoms with E-state index < -0.39 is 0 Å². The lowest BCUT2D eigenvalue weighted by Crippen LogP contribution is -2.16. The molecule has 0 spiro atoms. The predicted molar refractivity (Wildman–Crippen MR) is 71.7 cm³/mol. The lowest BCUT2D eigenvalue weighted by atomic mass is 10.1. The number of thiazole rings is 1. The summed E-state index contributed by atoms with van der Waals surface area (Å²) < 4.78 is 1.19. The van der Waals surface area contributed by atoms with Crippen molar-refractivity contribution in [2.75, 3.05) is 6.54 Å². The van der Waals surface area contributed by atoms with Gasteiger partial charge in [0.2, 0.25) is 0 Å². The van der Waals surface area contributed by atoms with Gasteiger partial charge >= 0.3 is 0 Å². The molecule has 0 atom stereocenters. The Labute approximate surface area is 108 Å². The highest BCUT2D eigenvalue weighted by Gasteiger charge is 1.98. The van der Waals surface area contributed by atoms with Crippen molar-refractivity contribution in [1.82, 2.24) is 10.3 Å². The van der Waals surface area contributed by atoms with Crippen molar-refractivity contribution in [3.05, 3.63) is 50.9 Å². The number of halogens is 1. The Kier molecular flexibility index (Phi) is 4.51. The molecular formula is C12H13BrN2S. The number of rotatable bonds is 5. The third-order valence-corrected chi connectivity index (χ3v) is 3.73. The van der Waals surface area contributed by atoms with Crippen LogP contribution in [-0.2, 0) is 13.0 Å². The Morgan fingerprint density at radius 1 is 1.31 bits per heavy atom. The highest BCUT2D eigenvalue weighted by molar-refractivity contribution is 9.10. The normalized spacial score (nSPS) is 10.6. The van der Waals surface area contributed by atoms with E-state index in [0.29, 0.717) is 0 Å². The van der Waals surface area contributed by atoms with Crippen LogP contribution in [0.5, 0.6) is 0 Å². The lowest BCUT2D eigenvalue weighted by molar-refractivity contribution is 0.676. The van der Waals surface area contributed by atoms with Gasteiger partial charge in [-0.1, -0.05) is 34.1 Å². The fourth-order valence-electron chi connectivity index (χ4n) is 1.47. The van der Waals surface area contributed by atoms with Crippen LogP contribution >= 0.6 is 27.3 Å². The summed E-state index contributed by atoms with van der Waals surface area (Å²) in [6.45, 7) is 1.83. The summed E-state index contributed by atoms with van der Waals surface area (Å²) in [4.78, 5) is 4.23. The minimum absolute atomic E-state index is 0.855. The second-order valence-corrected chi connectivity index (χ2v) is 5.07. The van der Waals surface area contributed by atoms with Crippen LogP contribution < -0.4 is 5.32 Å². The first-order valence-corrected chi connectivity index (χ1v) is 6.91. The summed E-state index contributed by atoms with van der Waals surface area (Å²) >= 11 is 5.19. The number of aromatic nitrogens is 1. The molecule has 0 aliphatic heterocycles. The van der Waals surface area contributed by atoms with Crippen LogP contribution in [0.1, 0.15) is 11.3 Å². The molecule has 1 heterocycles. The van der Waals surface area contributed by atoms with E-state index >= 15 is 0 Å². The summed E-state index contributed by atoms with van der Waals surface area (Å²) in [5.41, 5.74) is 4.33. The number of nitrogens with zero attached hydrogens (tertiary/aromatic N) is 1. The second kappa shape index (κ2) is 6.13. The third-order valence-electron chi connectivity index (χ3n) is 2.32. The Morgan fingerprint density at radius 3 is 2.94 bits per heavy atom. The van der Waals surface area contributed by atoms with Crippen LogP contribution in [0, 0.1) is 0 Å². The van der Waals surface area contributed by atoms with Crippen molar-refractivity contribution in [1.29, 1.82) is 0 Å². The van der Waals surface area contributed by atoms with E-state index in [9.17, 15) is 0 Å². The summed E-state index contributed by atoms with van der Waals surface area (Å²) in [6.07, 6.45) is 1.03. The Morgan fingerprint density at radius 2 is 2.19 bits per heavy atom. The van der Waals surface area contributed by atoms with Gasteiger partial charge < -0.3 is 5.32 Å². The van der Waals surface area contributed by atoms with Gasteiger partial charge in [0.05, 0.1) is 11.2 Å². The molecule has 16 heavy (non-hydrogen) atoms. The molecule has 0 unspecified atom stereocenters. The number of hydrogen-bond acceptors (Lipinski definition) is 3. The van der Waals surface area contributed by atoms with Gasteiger partial charge in [-0.25, -0.2) is 4.98 Å². The van der Waals surface area contributed by atoms with Crippen molar-refractivity contribution in [2.24, 2.45) is 0 Å². The van der Waals surface area contributed by atoms with Gasteiger partial charge in [0.25, 0.3) is 0 Å². The molecule has 1 N–H and O–H groups in total. The van der Waals surface area contributed by atoms with Crippen molar-refractivity contribution in [3.8, 4) is 0 Å². The Balaban J connectivity index is 1.74. The maximum atomic E-state index is 4.23. The molecule has 4 heteroatoms. The van der Waals surface area contributed by atoms with Crippen LogP contribution in [0.2, 0.25) is 0 Å². The molecule has 0 amide bonds. The van der Waals surface area contributed by atoms with Gasteiger partial charge in [-0.3, -0.25) is 0 Å². The Bertz CT molecular complexity index is 428. The average molecular weight is 297 g/mol.